The number of carboxylic acids is 1. The summed E-state index contributed by atoms with van der Waals surface area (Å²) < 4.78 is 0. The summed E-state index contributed by atoms with van der Waals surface area (Å²) in [4.78, 5) is 11.5. The third kappa shape index (κ3) is 1.65. The molecule has 0 aromatic heterocycles. The van der Waals surface area contributed by atoms with Gasteiger partial charge in [-0.15, -0.1) is 0 Å². The van der Waals surface area contributed by atoms with Gasteiger partial charge in [0, 0.05) is 5.56 Å². The van der Waals surface area contributed by atoms with Crippen LogP contribution in [-0.4, -0.2) is 22.7 Å². The van der Waals surface area contributed by atoms with E-state index in [9.17, 15) is 15.0 Å². The molecule has 0 amide bonds. The summed E-state index contributed by atoms with van der Waals surface area (Å²) in [6.07, 6.45) is 2.34. The normalized spacial score (nSPS) is 25.2. The molecule has 0 radical (unpaired) electrons. The van der Waals surface area contributed by atoms with Crippen molar-refractivity contribution in [3.8, 4) is 5.75 Å². The van der Waals surface area contributed by atoms with Gasteiger partial charge in [-0.1, -0.05) is 18.2 Å². The van der Waals surface area contributed by atoms with Gasteiger partial charge in [-0.25, -0.2) is 4.79 Å². The Labute approximate surface area is 93.9 Å². The van der Waals surface area contributed by atoms with Crippen LogP contribution in [0, 0.1) is 0 Å². The molecule has 1 aliphatic heterocycles. The van der Waals surface area contributed by atoms with E-state index in [1.807, 2.05) is 0 Å². The van der Waals surface area contributed by atoms with Crippen LogP contribution in [0.2, 0.25) is 0 Å². The standard InChI is InChI=1S/C12H15NO3/c14-10-6-2-1-5-9(10)12(11(15)16)7-3-4-8-13-12/h1-2,5-6,13-14H,3-4,7-8H2,(H,15,16). The Morgan fingerprint density at radius 1 is 1.31 bits per heavy atom. The number of aromatic hydroxyl groups is 1. The summed E-state index contributed by atoms with van der Waals surface area (Å²) >= 11 is 0. The Morgan fingerprint density at radius 2 is 2.06 bits per heavy atom. The lowest BCUT2D eigenvalue weighted by atomic mass is 9.82. The molecule has 1 atom stereocenters. The number of aliphatic carboxylic acids is 1. The van der Waals surface area contributed by atoms with E-state index in [2.05, 4.69) is 5.32 Å². The van der Waals surface area contributed by atoms with Crippen LogP contribution in [-0.2, 0) is 10.3 Å². The van der Waals surface area contributed by atoms with Gasteiger partial charge in [0.2, 0.25) is 0 Å². The second kappa shape index (κ2) is 4.14. The number of piperidine rings is 1. The average Bonchev–Trinajstić information content (AvgIpc) is 2.30. The van der Waals surface area contributed by atoms with Gasteiger partial charge in [-0.2, -0.15) is 0 Å². The summed E-state index contributed by atoms with van der Waals surface area (Å²) in [6, 6.07) is 6.63. The molecule has 1 fully saturated rings. The van der Waals surface area contributed by atoms with Crippen LogP contribution >= 0.6 is 0 Å². The van der Waals surface area contributed by atoms with E-state index >= 15 is 0 Å². The fraction of sp³-hybridized carbons (Fsp3) is 0.417. The lowest BCUT2D eigenvalue weighted by Crippen LogP contribution is -2.51. The van der Waals surface area contributed by atoms with Crippen LogP contribution in [0.15, 0.2) is 24.3 Å². The highest BCUT2D eigenvalue weighted by Gasteiger charge is 2.42. The van der Waals surface area contributed by atoms with Crippen LogP contribution < -0.4 is 5.32 Å². The third-order valence-electron chi connectivity index (χ3n) is 3.13. The van der Waals surface area contributed by atoms with Crippen molar-refractivity contribution in [3.63, 3.8) is 0 Å². The number of hydrogen-bond acceptors (Lipinski definition) is 3. The van der Waals surface area contributed by atoms with Gasteiger partial charge >= 0.3 is 5.97 Å². The zero-order valence-electron chi connectivity index (χ0n) is 8.94. The van der Waals surface area contributed by atoms with Crippen LogP contribution in [0.1, 0.15) is 24.8 Å². The average molecular weight is 221 g/mol. The minimum atomic E-state index is -1.12. The maximum absolute atomic E-state index is 11.5. The maximum Gasteiger partial charge on any atom is 0.328 e. The monoisotopic (exact) mass is 221 g/mol. The number of para-hydroxylation sites is 1. The maximum atomic E-state index is 11.5. The molecule has 4 nitrogen and oxygen atoms in total. The van der Waals surface area contributed by atoms with Crippen LogP contribution in [0.4, 0.5) is 0 Å². The van der Waals surface area contributed by atoms with Crippen molar-refractivity contribution in [1.82, 2.24) is 5.32 Å². The molecule has 0 spiro atoms. The zero-order chi connectivity index (χ0) is 11.6. The Kier molecular flexibility index (Phi) is 2.83. The van der Waals surface area contributed by atoms with E-state index in [0.29, 0.717) is 18.5 Å². The van der Waals surface area contributed by atoms with E-state index in [1.165, 1.54) is 6.07 Å². The predicted molar refractivity (Wildman–Crippen MR) is 59.3 cm³/mol. The van der Waals surface area contributed by atoms with Gasteiger partial charge in [-0.05, 0) is 31.9 Å². The predicted octanol–water partition coefficient (Wildman–Crippen LogP) is 1.45. The number of phenols is 1. The number of phenolic OH excluding ortho intramolecular Hbond substituents is 1. The molecule has 1 unspecified atom stereocenters. The van der Waals surface area contributed by atoms with Crippen molar-refractivity contribution >= 4 is 5.97 Å². The second-order valence-electron chi connectivity index (χ2n) is 4.11. The molecule has 4 heteroatoms. The summed E-state index contributed by atoms with van der Waals surface area (Å²) in [7, 11) is 0. The first-order valence-corrected chi connectivity index (χ1v) is 5.44. The van der Waals surface area contributed by atoms with Gasteiger partial charge in [0.05, 0.1) is 0 Å². The number of benzene rings is 1. The van der Waals surface area contributed by atoms with Crippen molar-refractivity contribution in [2.45, 2.75) is 24.8 Å². The minimum absolute atomic E-state index is 0.0410. The highest BCUT2D eigenvalue weighted by atomic mass is 16.4. The number of carbonyl (C=O) groups is 1. The molecule has 1 aromatic carbocycles. The Balaban J connectivity index is 2.47. The van der Waals surface area contributed by atoms with Crippen molar-refractivity contribution < 1.29 is 15.0 Å². The Bertz CT molecular complexity index is 397. The van der Waals surface area contributed by atoms with Gasteiger partial charge < -0.3 is 10.2 Å². The number of nitrogens with one attached hydrogen (secondary N) is 1. The number of rotatable bonds is 2. The molecule has 1 heterocycles. The number of carboxylic acid groups (broad SMARTS) is 1. The largest absolute Gasteiger partial charge is 0.508 e. The van der Waals surface area contributed by atoms with Crippen molar-refractivity contribution in [2.75, 3.05) is 6.54 Å². The molecular formula is C12H15NO3. The highest BCUT2D eigenvalue weighted by molar-refractivity contribution is 5.82. The van der Waals surface area contributed by atoms with Crippen LogP contribution in [0.5, 0.6) is 5.75 Å². The molecule has 0 aliphatic carbocycles. The van der Waals surface area contributed by atoms with Crippen LogP contribution in [0.3, 0.4) is 0 Å². The van der Waals surface area contributed by atoms with E-state index < -0.39 is 11.5 Å². The summed E-state index contributed by atoms with van der Waals surface area (Å²) in [5, 5.41) is 22.2. The van der Waals surface area contributed by atoms with Gasteiger partial charge in [0.15, 0.2) is 0 Å². The minimum Gasteiger partial charge on any atom is -0.508 e. The number of hydrogen-bond donors (Lipinski definition) is 3. The second-order valence-corrected chi connectivity index (χ2v) is 4.11. The summed E-state index contributed by atoms with van der Waals surface area (Å²) in [5.41, 5.74) is -0.661. The lowest BCUT2D eigenvalue weighted by Gasteiger charge is -2.35. The smallest absolute Gasteiger partial charge is 0.328 e. The summed E-state index contributed by atoms with van der Waals surface area (Å²) in [5.74, 6) is -0.881. The molecule has 1 aromatic rings. The molecule has 1 saturated heterocycles. The van der Waals surface area contributed by atoms with Gasteiger partial charge in [-0.3, -0.25) is 5.32 Å². The SMILES string of the molecule is O=C(O)C1(c2ccccc2O)CCCCN1. The van der Waals surface area contributed by atoms with Crippen molar-refractivity contribution in [2.24, 2.45) is 0 Å². The lowest BCUT2D eigenvalue weighted by molar-refractivity contribution is -0.146. The first kappa shape index (κ1) is 11.0. The molecule has 16 heavy (non-hydrogen) atoms. The quantitative estimate of drug-likeness (QED) is 0.707. The van der Waals surface area contributed by atoms with E-state index in [1.54, 1.807) is 18.2 Å². The molecule has 1 aliphatic rings. The fourth-order valence-corrected chi connectivity index (χ4v) is 2.27. The van der Waals surface area contributed by atoms with Crippen molar-refractivity contribution in [1.29, 1.82) is 0 Å². The molecule has 86 valence electrons. The topological polar surface area (TPSA) is 69.6 Å². The van der Waals surface area contributed by atoms with E-state index in [4.69, 9.17) is 0 Å². The first-order valence-electron chi connectivity index (χ1n) is 5.44. The third-order valence-corrected chi connectivity index (χ3v) is 3.13. The van der Waals surface area contributed by atoms with Gasteiger partial charge in [0.25, 0.3) is 0 Å². The molecule has 2 rings (SSSR count). The van der Waals surface area contributed by atoms with E-state index in [-0.39, 0.29) is 5.75 Å². The molecular weight excluding hydrogens is 206 g/mol. The van der Waals surface area contributed by atoms with Crippen LogP contribution in [0.25, 0.3) is 0 Å². The first-order chi connectivity index (χ1) is 7.67. The van der Waals surface area contributed by atoms with E-state index in [0.717, 1.165) is 12.8 Å². The Morgan fingerprint density at radius 3 is 2.62 bits per heavy atom. The van der Waals surface area contributed by atoms with Gasteiger partial charge in [0.1, 0.15) is 11.3 Å². The molecule has 3 N–H and O–H groups in total. The zero-order valence-corrected chi connectivity index (χ0v) is 8.94. The highest BCUT2D eigenvalue weighted by Crippen LogP contribution is 2.35. The molecule has 0 saturated carbocycles. The van der Waals surface area contributed by atoms with Crippen molar-refractivity contribution in [3.05, 3.63) is 29.8 Å². The summed E-state index contributed by atoms with van der Waals surface area (Å²) in [6.45, 7) is 0.667. The Hall–Kier alpha value is -1.55. The fourth-order valence-electron chi connectivity index (χ4n) is 2.27. The molecule has 0 bridgehead atoms.